The van der Waals surface area contributed by atoms with E-state index in [0.717, 1.165) is 19.5 Å². The molecular formula is C15H20Br2N6O2. The van der Waals surface area contributed by atoms with Crippen molar-refractivity contribution in [1.82, 2.24) is 0 Å². The van der Waals surface area contributed by atoms with Gasteiger partial charge in [-0.2, -0.15) is 0 Å². The molecule has 0 spiro atoms. The van der Waals surface area contributed by atoms with Gasteiger partial charge >= 0.3 is 0 Å². The highest BCUT2D eigenvalue weighted by Gasteiger charge is 2.07. The van der Waals surface area contributed by atoms with Crippen molar-refractivity contribution in [3.05, 3.63) is 60.2 Å². The van der Waals surface area contributed by atoms with E-state index in [-0.39, 0.29) is 45.6 Å². The van der Waals surface area contributed by atoms with Crippen molar-refractivity contribution in [2.75, 3.05) is 0 Å². The van der Waals surface area contributed by atoms with Crippen LogP contribution in [0.25, 0.3) is 0 Å². The molecule has 2 rings (SSSR count). The van der Waals surface area contributed by atoms with Crippen molar-refractivity contribution in [3.8, 4) is 0 Å². The van der Waals surface area contributed by atoms with Crippen LogP contribution in [0.5, 0.6) is 0 Å². The molecule has 25 heavy (non-hydrogen) atoms. The Morgan fingerprint density at radius 2 is 1.08 bits per heavy atom. The summed E-state index contributed by atoms with van der Waals surface area (Å²) in [6.07, 6.45) is 8.49. The second-order valence-electron chi connectivity index (χ2n) is 4.97. The van der Waals surface area contributed by atoms with Crippen LogP contribution in [-0.4, -0.2) is 22.1 Å². The number of aromatic nitrogens is 2. The summed E-state index contributed by atoms with van der Waals surface area (Å²) in [5.41, 5.74) is 12.4. The van der Waals surface area contributed by atoms with Crippen LogP contribution in [0, 0.1) is 0 Å². The average Bonchev–Trinajstić information content (AvgIpc) is 2.61. The van der Waals surface area contributed by atoms with E-state index in [1.807, 2.05) is 33.9 Å². The van der Waals surface area contributed by atoms with Gasteiger partial charge in [-0.1, -0.05) is 10.3 Å². The third-order valence-electron chi connectivity index (χ3n) is 3.42. The summed E-state index contributed by atoms with van der Waals surface area (Å²) in [7, 11) is 0. The quantitative estimate of drug-likeness (QED) is 0.109. The summed E-state index contributed by atoms with van der Waals surface area (Å²) in [4.78, 5) is 0. The van der Waals surface area contributed by atoms with Crippen molar-refractivity contribution in [2.24, 2.45) is 21.8 Å². The summed E-state index contributed by atoms with van der Waals surface area (Å²) >= 11 is 0. The summed E-state index contributed by atoms with van der Waals surface area (Å²) < 4.78 is 4.05. The molecule has 10 heteroatoms. The first-order valence-corrected chi connectivity index (χ1v) is 7.08. The number of aryl methyl sites for hydroxylation is 2. The van der Waals surface area contributed by atoms with Crippen LogP contribution in [0.2, 0.25) is 0 Å². The molecule has 0 radical (unpaired) electrons. The van der Waals surface area contributed by atoms with Gasteiger partial charge in [-0.25, -0.2) is 9.13 Å². The molecule has 2 aromatic rings. The lowest BCUT2D eigenvalue weighted by Gasteiger charge is -2.00. The molecule has 0 aliphatic rings. The number of rotatable bonds is 6. The Kier molecular flexibility index (Phi) is 10.4. The van der Waals surface area contributed by atoms with Gasteiger partial charge in [0.05, 0.1) is 6.42 Å². The largest absolute Gasteiger partial charge is 1.00 e. The lowest BCUT2D eigenvalue weighted by molar-refractivity contribution is -0.726. The van der Waals surface area contributed by atoms with E-state index < -0.39 is 0 Å². The number of amidine groups is 2. The monoisotopic (exact) mass is 474 g/mol. The van der Waals surface area contributed by atoms with Crippen LogP contribution in [-0.2, 0) is 13.1 Å². The number of pyridine rings is 2. The molecule has 136 valence electrons. The van der Waals surface area contributed by atoms with E-state index in [2.05, 4.69) is 10.3 Å². The van der Waals surface area contributed by atoms with E-state index in [1.54, 1.807) is 24.3 Å². The molecule has 0 bridgehead atoms. The molecule has 0 amide bonds. The standard InChI is InChI=1S/C15H18N6O2.2BrH/c16-14(18-22)12-2-8-20(9-3-12)6-1-7-21-10-4-13(5-11-21)15(17)19-23;;/h2-5,8-11H,1,6-7,16-17H2;2*1H. The Morgan fingerprint density at radius 3 is 1.36 bits per heavy atom. The molecule has 0 atom stereocenters. The molecule has 0 fully saturated rings. The van der Waals surface area contributed by atoms with Gasteiger partial charge in [0.2, 0.25) is 0 Å². The van der Waals surface area contributed by atoms with Gasteiger partial charge in [-0.15, -0.1) is 0 Å². The van der Waals surface area contributed by atoms with Gasteiger partial charge in [-0.3, -0.25) is 0 Å². The molecule has 0 saturated heterocycles. The number of oxime groups is 2. The SMILES string of the molecule is N/C(=N/O)c1cc[n+](CCC[n+]2ccc(/C(N)=N\O)cc2)cc1.[Br-].[Br-]. The molecule has 0 aliphatic heterocycles. The third kappa shape index (κ3) is 6.67. The minimum Gasteiger partial charge on any atom is -1.00 e. The van der Waals surface area contributed by atoms with Crippen molar-refractivity contribution in [2.45, 2.75) is 19.5 Å². The number of nitrogens with zero attached hydrogens (tertiary/aromatic N) is 4. The number of nitrogens with two attached hydrogens (primary N) is 2. The van der Waals surface area contributed by atoms with Crippen LogP contribution in [0.4, 0.5) is 0 Å². The van der Waals surface area contributed by atoms with E-state index >= 15 is 0 Å². The Bertz CT molecular complexity index is 643. The van der Waals surface area contributed by atoms with Crippen molar-refractivity contribution >= 4 is 11.7 Å². The Hall–Kier alpha value is -2.20. The normalized spacial score (nSPS) is 11.4. The second kappa shape index (κ2) is 11.4. The van der Waals surface area contributed by atoms with Crippen molar-refractivity contribution in [1.29, 1.82) is 0 Å². The van der Waals surface area contributed by atoms with Crippen LogP contribution in [0.3, 0.4) is 0 Å². The fraction of sp³-hybridized carbons (Fsp3) is 0.200. The zero-order chi connectivity index (χ0) is 16.7. The number of halogens is 2. The summed E-state index contributed by atoms with van der Waals surface area (Å²) in [5.74, 6) is 0.192. The van der Waals surface area contributed by atoms with Gasteiger partial charge in [0.1, 0.15) is 0 Å². The Labute approximate surface area is 166 Å². The highest BCUT2D eigenvalue weighted by molar-refractivity contribution is 5.97. The summed E-state index contributed by atoms with van der Waals surface area (Å²) in [5, 5.41) is 23.2. The minimum atomic E-state index is 0. The fourth-order valence-electron chi connectivity index (χ4n) is 2.11. The highest BCUT2D eigenvalue weighted by atomic mass is 79.9. The maximum absolute atomic E-state index is 8.62. The molecule has 8 nitrogen and oxygen atoms in total. The lowest BCUT2D eigenvalue weighted by Crippen LogP contribution is -3.00. The summed E-state index contributed by atoms with van der Waals surface area (Å²) in [6.45, 7) is 1.68. The topological polar surface area (TPSA) is 125 Å². The number of hydrogen-bond acceptors (Lipinski definition) is 4. The zero-order valence-electron chi connectivity index (χ0n) is 13.3. The van der Waals surface area contributed by atoms with Crippen LogP contribution in [0.1, 0.15) is 17.5 Å². The molecule has 0 aromatic carbocycles. The first-order chi connectivity index (χ1) is 11.1. The van der Waals surface area contributed by atoms with Crippen molar-refractivity contribution in [3.63, 3.8) is 0 Å². The molecule has 0 aliphatic carbocycles. The molecule has 2 aromatic heterocycles. The van der Waals surface area contributed by atoms with Crippen LogP contribution < -0.4 is 54.6 Å². The first kappa shape index (κ1) is 22.8. The average molecular weight is 476 g/mol. The van der Waals surface area contributed by atoms with Gasteiger partial charge < -0.3 is 55.8 Å². The van der Waals surface area contributed by atoms with E-state index in [9.17, 15) is 0 Å². The molecule has 0 unspecified atom stereocenters. The molecule has 6 N–H and O–H groups in total. The highest BCUT2D eigenvalue weighted by Crippen LogP contribution is 1.96. The predicted molar refractivity (Wildman–Crippen MR) is 82.9 cm³/mol. The Balaban J connectivity index is 0.00000288. The number of hydrogen-bond donors (Lipinski definition) is 4. The van der Waals surface area contributed by atoms with Crippen molar-refractivity contribution < 1.29 is 53.5 Å². The Morgan fingerprint density at radius 1 is 0.760 bits per heavy atom. The molecule has 0 saturated carbocycles. The maximum Gasteiger partial charge on any atom is 0.170 e. The minimum absolute atomic E-state index is 0. The van der Waals surface area contributed by atoms with Gasteiger partial charge in [0.15, 0.2) is 49.5 Å². The lowest BCUT2D eigenvalue weighted by atomic mass is 10.2. The van der Waals surface area contributed by atoms with Gasteiger partial charge in [-0.05, 0) is 0 Å². The van der Waals surface area contributed by atoms with Crippen LogP contribution >= 0.6 is 0 Å². The zero-order valence-corrected chi connectivity index (χ0v) is 16.5. The second-order valence-corrected chi connectivity index (χ2v) is 4.97. The predicted octanol–water partition coefficient (Wildman–Crippen LogP) is -6.45. The van der Waals surface area contributed by atoms with E-state index in [0.29, 0.717) is 11.1 Å². The molecular weight excluding hydrogens is 456 g/mol. The van der Waals surface area contributed by atoms with Crippen LogP contribution in [0.15, 0.2) is 59.4 Å². The molecule has 2 heterocycles. The van der Waals surface area contributed by atoms with Gasteiger partial charge in [0, 0.05) is 35.4 Å². The summed E-state index contributed by atoms with van der Waals surface area (Å²) in [6, 6.07) is 7.20. The van der Waals surface area contributed by atoms with Gasteiger partial charge in [0.25, 0.3) is 0 Å². The first-order valence-electron chi connectivity index (χ1n) is 7.08. The van der Waals surface area contributed by atoms with E-state index in [4.69, 9.17) is 21.9 Å². The maximum atomic E-state index is 8.62. The third-order valence-corrected chi connectivity index (χ3v) is 3.42. The fourth-order valence-corrected chi connectivity index (χ4v) is 2.11. The smallest absolute Gasteiger partial charge is 0.170 e. The van der Waals surface area contributed by atoms with E-state index in [1.165, 1.54) is 0 Å².